The van der Waals surface area contributed by atoms with Crippen LogP contribution in [0.25, 0.3) is 0 Å². The molecule has 1 aliphatic heterocycles. The summed E-state index contributed by atoms with van der Waals surface area (Å²) in [5.74, 6) is 0.691. The molecule has 1 aliphatic rings. The Bertz CT molecular complexity index is 695. The van der Waals surface area contributed by atoms with Crippen molar-refractivity contribution in [3.8, 4) is 0 Å². The highest BCUT2D eigenvalue weighted by atomic mass is 16.2. The standard InChI is InChI=1S/C21H30N4O/c1-17(2)14-25-16-22-12-19(25)13-23-21(26)20-10-6-7-11-24(20)15-18-8-4-3-5-9-18/h3-5,8-9,12,16-17,20H,6-7,10-11,13-15H2,1-2H3,(H,23,26). The number of carbonyl (C=O) groups is 1. The zero-order chi connectivity index (χ0) is 18.4. The van der Waals surface area contributed by atoms with E-state index >= 15 is 0 Å². The van der Waals surface area contributed by atoms with Crippen LogP contribution in [0.5, 0.6) is 0 Å². The van der Waals surface area contributed by atoms with Crippen LogP contribution in [-0.2, 0) is 24.4 Å². The van der Waals surface area contributed by atoms with Crippen LogP contribution in [0, 0.1) is 5.92 Å². The van der Waals surface area contributed by atoms with Gasteiger partial charge in [0.1, 0.15) is 0 Å². The molecule has 0 saturated carbocycles. The van der Waals surface area contributed by atoms with Gasteiger partial charge in [0.25, 0.3) is 0 Å². The largest absolute Gasteiger partial charge is 0.349 e. The van der Waals surface area contributed by atoms with Gasteiger partial charge in [-0.25, -0.2) is 4.98 Å². The molecule has 1 amide bonds. The van der Waals surface area contributed by atoms with E-state index in [1.54, 1.807) is 0 Å². The smallest absolute Gasteiger partial charge is 0.237 e. The minimum absolute atomic E-state index is 0.0366. The van der Waals surface area contributed by atoms with Crippen molar-refractivity contribution in [3.05, 3.63) is 54.1 Å². The van der Waals surface area contributed by atoms with Gasteiger partial charge in [0.15, 0.2) is 0 Å². The van der Waals surface area contributed by atoms with Crippen LogP contribution in [0.2, 0.25) is 0 Å². The summed E-state index contributed by atoms with van der Waals surface area (Å²) >= 11 is 0. The van der Waals surface area contributed by atoms with Gasteiger partial charge < -0.3 is 9.88 Å². The Balaban J connectivity index is 1.59. The lowest BCUT2D eigenvalue weighted by Gasteiger charge is -2.34. The molecule has 1 saturated heterocycles. The molecule has 140 valence electrons. The number of piperidine rings is 1. The molecule has 2 heterocycles. The molecule has 5 heteroatoms. The van der Waals surface area contributed by atoms with E-state index in [9.17, 15) is 4.79 Å². The lowest BCUT2D eigenvalue weighted by Crippen LogP contribution is -2.48. The Kier molecular flexibility index (Phi) is 6.45. The van der Waals surface area contributed by atoms with E-state index in [0.29, 0.717) is 12.5 Å². The minimum atomic E-state index is -0.0366. The van der Waals surface area contributed by atoms with Crippen molar-refractivity contribution in [3.63, 3.8) is 0 Å². The first-order valence-electron chi connectivity index (χ1n) is 9.68. The molecule has 1 aromatic carbocycles. The van der Waals surface area contributed by atoms with E-state index in [4.69, 9.17) is 0 Å². The van der Waals surface area contributed by atoms with Crippen LogP contribution < -0.4 is 5.32 Å². The highest BCUT2D eigenvalue weighted by Crippen LogP contribution is 2.20. The van der Waals surface area contributed by atoms with Gasteiger partial charge in [-0.05, 0) is 30.9 Å². The Morgan fingerprint density at radius 2 is 2.08 bits per heavy atom. The molecule has 3 rings (SSSR count). The lowest BCUT2D eigenvalue weighted by molar-refractivity contribution is -0.128. The Morgan fingerprint density at radius 3 is 2.85 bits per heavy atom. The third-order valence-electron chi connectivity index (χ3n) is 4.95. The van der Waals surface area contributed by atoms with Gasteiger partial charge in [0.05, 0.1) is 24.6 Å². The fourth-order valence-electron chi connectivity index (χ4n) is 3.64. The van der Waals surface area contributed by atoms with Crippen molar-refractivity contribution in [1.29, 1.82) is 0 Å². The average Bonchev–Trinajstić information content (AvgIpc) is 3.07. The van der Waals surface area contributed by atoms with Crippen molar-refractivity contribution < 1.29 is 4.79 Å². The second-order valence-corrected chi connectivity index (χ2v) is 7.62. The molecule has 1 atom stereocenters. The zero-order valence-corrected chi connectivity index (χ0v) is 15.9. The number of amides is 1. The number of rotatable bonds is 7. The van der Waals surface area contributed by atoms with Crippen molar-refractivity contribution in [1.82, 2.24) is 19.8 Å². The molecule has 0 spiro atoms. The maximum atomic E-state index is 12.8. The second kappa shape index (κ2) is 8.99. The number of imidazole rings is 1. The quantitative estimate of drug-likeness (QED) is 0.831. The van der Waals surface area contributed by atoms with Crippen molar-refractivity contribution in [2.45, 2.75) is 58.8 Å². The molecule has 1 unspecified atom stereocenters. The number of aromatic nitrogens is 2. The number of likely N-dealkylation sites (tertiary alicyclic amines) is 1. The first-order valence-corrected chi connectivity index (χ1v) is 9.68. The summed E-state index contributed by atoms with van der Waals surface area (Å²) < 4.78 is 2.13. The maximum absolute atomic E-state index is 12.8. The number of carbonyl (C=O) groups excluding carboxylic acids is 1. The van der Waals surface area contributed by atoms with Gasteiger partial charge in [0, 0.05) is 19.3 Å². The fraction of sp³-hybridized carbons (Fsp3) is 0.524. The van der Waals surface area contributed by atoms with Gasteiger partial charge in [-0.15, -0.1) is 0 Å². The van der Waals surface area contributed by atoms with Crippen LogP contribution in [0.15, 0.2) is 42.9 Å². The lowest BCUT2D eigenvalue weighted by atomic mass is 10.0. The predicted octanol–water partition coefficient (Wildman–Crippen LogP) is 3.21. The van der Waals surface area contributed by atoms with E-state index in [1.807, 2.05) is 18.6 Å². The Morgan fingerprint density at radius 1 is 1.27 bits per heavy atom. The minimum Gasteiger partial charge on any atom is -0.349 e. The normalized spacial score (nSPS) is 18.2. The van der Waals surface area contributed by atoms with Gasteiger partial charge in [-0.1, -0.05) is 50.6 Å². The predicted molar refractivity (Wildman–Crippen MR) is 103 cm³/mol. The maximum Gasteiger partial charge on any atom is 0.237 e. The van der Waals surface area contributed by atoms with E-state index in [-0.39, 0.29) is 11.9 Å². The van der Waals surface area contributed by atoms with Crippen molar-refractivity contribution in [2.24, 2.45) is 5.92 Å². The molecule has 0 bridgehead atoms. The Hall–Kier alpha value is -2.14. The summed E-state index contributed by atoms with van der Waals surface area (Å²) in [6.07, 6.45) is 6.92. The molecule has 0 radical (unpaired) electrons. The molecular formula is C21H30N4O. The monoisotopic (exact) mass is 354 g/mol. The summed E-state index contributed by atoms with van der Waals surface area (Å²) in [6.45, 7) is 7.66. The van der Waals surface area contributed by atoms with Crippen LogP contribution in [0.3, 0.4) is 0 Å². The van der Waals surface area contributed by atoms with Crippen LogP contribution in [-0.4, -0.2) is 32.9 Å². The molecule has 1 fully saturated rings. The fourth-order valence-corrected chi connectivity index (χ4v) is 3.64. The third kappa shape index (κ3) is 4.94. The molecule has 26 heavy (non-hydrogen) atoms. The van der Waals surface area contributed by atoms with E-state index in [0.717, 1.165) is 44.6 Å². The summed E-state index contributed by atoms with van der Waals surface area (Å²) in [6, 6.07) is 10.4. The molecule has 1 aromatic heterocycles. The van der Waals surface area contributed by atoms with Crippen molar-refractivity contribution >= 4 is 5.91 Å². The highest BCUT2D eigenvalue weighted by molar-refractivity contribution is 5.81. The Labute approximate surface area is 156 Å². The van der Waals surface area contributed by atoms with Gasteiger partial charge in [0.2, 0.25) is 5.91 Å². The molecule has 0 aliphatic carbocycles. The molecule has 1 N–H and O–H groups in total. The van der Waals surface area contributed by atoms with E-state index < -0.39 is 0 Å². The van der Waals surface area contributed by atoms with Gasteiger partial charge in [-0.3, -0.25) is 9.69 Å². The number of nitrogens with one attached hydrogen (secondary N) is 1. The molecule has 2 aromatic rings. The van der Waals surface area contributed by atoms with Crippen LogP contribution in [0.1, 0.15) is 44.4 Å². The van der Waals surface area contributed by atoms with E-state index in [2.05, 4.69) is 57.9 Å². The molecular weight excluding hydrogens is 324 g/mol. The van der Waals surface area contributed by atoms with Gasteiger partial charge >= 0.3 is 0 Å². The zero-order valence-electron chi connectivity index (χ0n) is 15.9. The topological polar surface area (TPSA) is 50.2 Å². The number of benzene rings is 1. The summed E-state index contributed by atoms with van der Waals surface area (Å²) in [5, 5.41) is 3.14. The van der Waals surface area contributed by atoms with Crippen LogP contribution >= 0.6 is 0 Å². The summed E-state index contributed by atoms with van der Waals surface area (Å²) in [4.78, 5) is 19.4. The number of nitrogens with zero attached hydrogens (tertiary/aromatic N) is 3. The average molecular weight is 354 g/mol. The molecule has 5 nitrogen and oxygen atoms in total. The highest BCUT2D eigenvalue weighted by Gasteiger charge is 2.28. The van der Waals surface area contributed by atoms with Gasteiger partial charge in [-0.2, -0.15) is 0 Å². The SMILES string of the molecule is CC(C)Cn1cncc1CNC(=O)C1CCCCN1Cc1ccccc1. The number of hydrogen-bond donors (Lipinski definition) is 1. The summed E-state index contributed by atoms with van der Waals surface area (Å²) in [7, 11) is 0. The second-order valence-electron chi connectivity index (χ2n) is 7.62. The van der Waals surface area contributed by atoms with E-state index in [1.165, 1.54) is 5.56 Å². The van der Waals surface area contributed by atoms with Crippen molar-refractivity contribution in [2.75, 3.05) is 6.54 Å². The first-order chi connectivity index (χ1) is 12.6. The van der Waals surface area contributed by atoms with Crippen LogP contribution in [0.4, 0.5) is 0 Å². The number of hydrogen-bond acceptors (Lipinski definition) is 3. The third-order valence-corrected chi connectivity index (χ3v) is 4.95. The first kappa shape index (κ1) is 18.6. The summed E-state index contributed by atoms with van der Waals surface area (Å²) in [5.41, 5.74) is 2.33.